The lowest BCUT2D eigenvalue weighted by atomic mass is 10.1. The van der Waals surface area contributed by atoms with E-state index in [0.717, 1.165) is 31.4 Å². The SMILES string of the molecule is O=C(NCCCOC[C@@H]1CCCO1)N1CCO[C@@H](c2ccc(Cl)cc2)C1. The molecule has 0 unspecified atom stereocenters. The van der Waals surface area contributed by atoms with Crippen LogP contribution in [-0.2, 0) is 14.2 Å². The van der Waals surface area contributed by atoms with Gasteiger partial charge in [0.25, 0.3) is 0 Å². The van der Waals surface area contributed by atoms with Crippen LogP contribution in [0, 0.1) is 0 Å². The third kappa shape index (κ3) is 5.84. The molecule has 2 heterocycles. The minimum absolute atomic E-state index is 0.0496. The summed E-state index contributed by atoms with van der Waals surface area (Å²) >= 11 is 5.93. The second kappa shape index (κ2) is 10.1. The van der Waals surface area contributed by atoms with Gasteiger partial charge in [-0.25, -0.2) is 4.79 Å². The molecule has 1 N–H and O–H groups in total. The number of morpholine rings is 1. The van der Waals surface area contributed by atoms with E-state index in [-0.39, 0.29) is 18.2 Å². The van der Waals surface area contributed by atoms with E-state index in [0.29, 0.717) is 44.5 Å². The van der Waals surface area contributed by atoms with E-state index in [4.69, 9.17) is 25.8 Å². The smallest absolute Gasteiger partial charge is 0.317 e. The maximum absolute atomic E-state index is 12.3. The Kier molecular flexibility index (Phi) is 7.55. The first kappa shape index (κ1) is 19.4. The molecule has 0 bridgehead atoms. The second-order valence-electron chi connectivity index (χ2n) is 6.65. The molecule has 7 heteroatoms. The number of benzene rings is 1. The molecule has 2 saturated heterocycles. The lowest BCUT2D eigenvalue weighted by Gasteiger charge is -2.33. The van der Waals surface area contributed by atoms with Gasteiger partial charge in [0.05, 0.1) is 25.9 Å². The highest BCUT2D eigenvalue weighted by Crippen LogP contribution is 2.23. The molecule has 0 spiro atoms. The third-order valence-corrected chi connectivity index (χ3v) is 4.92. The van der Waals surface area contributed by atoms with Gasteiger partial charge in [0.1, 0.15) is 6.10 Å². The minimum atomic E-state index is -0.110. The molecule has 0 aliphatic carbocycles. The van der Waals surface area contributed by atoms with Crippen LogP contribution >= 0.6 is 11.6 Å². The number of halogens is 1. The number of carbonyl (C=O) groups is 1. The highest BCUT2D eigenvalue weighted by atomic mass is 35.5. The zero-order chi connectivity index (χ0) is 18.2. The van der Waals surface area contributed by atoms with Gasteiger partial charge in [-0.3, -0.25) is 0 Å². The zero-order valence-corrected chi connectivity index (χ0v) is 15.7. The Bertz CT molecular complexity index is 563. The number of ether oxygens (including phenoxy) is 3. The second-order valence-corrected chi connectivity index (χ2v) is 7.09. The molecule has 144 valence electrons. The van der Waals surface area contributed by atoms with Crippen molar-refractivity contribution in [1.29, 1.82) is 0 Å². The first-order valence-electron chi connectivity index (χ1n) is 9.31. The van der Waals surface area contributed by atoms with Gasteiger partial charge in [0.15, 0.2) is 0 Å². The van der Waals surface area contributed by atoms with Crippen LogP contribution in [-0.4, -0.2) is 63.1 Å². The minimum Gasteiger partial charge on any atom is -0.379 e. The predicted octanol–water partition coefficient (Wildman–Crippen LogP) is 3.01. The van der Waals surface area contributed by atoms with Crippen molar-refractivity contribution in [2.45, 2.75) is 31.5 Å². The highest BCUT2D eigenvalue weighted by Gasteiger charge is 2.25. The van der Waals surface area contributed by atoms with E-state index in [2.05, 4.69) is 5.32 Å². The molecule has 1 aromatic carbocycles. The van der Waals surface area contributed by atoms with Crippen LogP contribution in [0.2, 0.25) is 5.02 Å². The molecule has 2 aliphatic rings. The molecule has 0 saturated carbocycles. The summed E-state index contributed by atoms with van der Waals surface area (Å²) in [5.41, 5.74) is 1.04. The topological polar surface area (TPSA) is 60.0 Å². The van der Waals surface area contributed by atoms with Crippen LogP contribution < -0.4 is 5.32 Å². The van der Waals surface area contributed by atoms with Crippen molar-refractivity contribution in [3.63, 3.8) is 0 Å². The van der Waals surface area contributed by atoms with Crippen LogP contribution in [0.3, 0.4) is 0 Å². The number of urea groups is 1. The molecule has 0 radical (unpaired) electrons. The molecular formula is C19H27ClN2O4. The largest absolute Gasteiger partial charge is 0.379 e. The third-order valence-electron chi connectivity index (χ3n) is 4.66. The van der Waals surface area contributed by atoms with Gasteiger partial charge in [-0.05, 0) is 37.0 Å². The number of carbonyl (C=O) groups excluding carboxylic acids is 1. The van der Waals surface area contributed by atoms with Gasteiger partial charge in [-0.1, -0.05) is 23.7 Å². The Balaban J connectivity index is 1.32. The normalized spacial score (nSPS) is 23.2. The van der Waals surface area contributed by atoms with Crippen molar-refractivity contribution in [1.82, 2.24) is 10.2 Å². The molecule has 6 nitrogen and oxygen atoms in total. The van der Waals surface area contributed by atoms with Crippen molar-refractivity contribution in [2.24, 2.45) is 0 Å². The van der Waals surface area contributed by atoms with E-state index >= 15 is 0 Å². The average Bonchev–Trinajstić information content (AvgIpc) is 3.18. The van der Waals surface area contributed by atoms with Gasteiger partial charge >= 0.3 is 6.03 Å². The zero-order valence-electron chi connectivity index (χ0n) is 15.0. The summed E-state index contributed by atoms with van der Waals surface area (Å²) in [6.45, 7) is 4.42. The summed E-state index contributed by atoms with van der Waals surface area (Å²) in [6.07, 6.45) is 3.15. The molecular weight excluding hydrogens is 356 g/mol. The molecule has 2 amide bonds. The lowest BCUT2D eigenvalue weighted by Crippen LogP contribution is -2.47. The van der Waals surface area contributed by atoms with Crippen LogP contribution in [0.25, 0.3) is 0 Å². The first-order chi connectivity index (χ1) is 12.7. The van der Waals surface area contributed by atoms with E-state index in [9.17, 15) is 4.79 Å². The lowest BCUT2D eigenvalue weighted by molar-refractivity contribution is -0.0155. The summed E-state index contributed by atoms with van der Waals surface area (Å²) in [7, 11) is 0. The standard InChI is InChI=1S/C19H27ClN2O4/c20-16-6-4-15(5-7-16)18-13-22(9-12-26-18)19(23)21-8-2-10-24-14-17-3-1-11-25-17/h4-7,17-18H,1-3,8-14H2,(H,21,23)/t17-,18+/m0/s1. The van der Waals surface area contributed by atoms with Crippen molar-refractivity contribution < 1.29 is 19.0 Å². The van der Waals surface area contributed by atoms with E-state index < -0.39 is 0 Å². The molecule has 2 atom stereocenters. The van der Waals surface area contributed by atoms with Gasteiger partial charge in [0.2, 0.25) is 0 Å². The van der Waals surface area contributed by atoms with Crippen molar-refractivity contribution in [3.05, 3.63) is 34.9 Å². The summed E-state index contributed by atoms with van der Waals surface area (Å²) in [4.78, 5) is 14.1. The molecule has 0 aromatic heterocycles. The Morgan fingerprint density at radius 3 is 2.88 bits per heavy atom. The average molecular weight is 383 g/mol. The number of nitrogens with one attached hydrogen (secondary N) is 1. The Morgan fingerprint density at radius 1 is 1.27 bits per heavy atom. The Labute approximate surface area is 159 Å². The van der Waals surface area contributed by atoms with Crippen LogP contribution in [0.15, 0.2) is 24.3 Å². The van der Waals surface area contributed by atoms with Gasteiger partial charge in [-0.2, -0.15) is 0 Å². The summed E-state index contributed by atoms with van der Waals surface area (Å²) < 4.78 is 16.9. The molecule has 2 fully saturated rings. The predicted molar refractivity (Wildman–Crippen MR) is 99.5 cm³/mol. The monoisotopic (exact) mass is 382 g/mol. The number of rotatable bonds is 7. The van der Waals surface area contributed by atoms with E-state index in [1.165, 1.54) is 0 Å². The fraction of sp³-hybridized carbons (Fsp3) is 0.632. The Hall–Kier alpha value is -1.34. The van der Waals surface area contributed by atoms with Crippen LogP contribution in [0.4, 0.5) is 4.79 Å². The molecule has 2 aliphatic heterocycles. The van der Waals surface area contributed by atoms with Crippen molar-refractivity contribution in [3.8, 4) is 0 Å². The quantitative estimate of drug-likeness (QED) is 0.736. The van der Waals surface area contributed by atoms with Crippen LogP contribution in [0.5, 0.6) is 0 Å². The molecule has 1 aromatic rings. The van der Waals surface area contributed by atoms with E-state index in [1.54, 1.807) is 4.90 Å². The summed E-state index contributed by atoms with van der Waals surface area (Å²) in [5.74, 6) is 0. The fourth-order valence-electron chi connectivity index (χ4n) is 3.18. The van der Waals surface area contributed by atoms with Gasteiger partial charge in [-0.15, -0.1) is 0 Å². The first-order valence-corrected chi connectivity index (χ1v) is 9.69. The van der Waals surface area contributed by atoms with Gasteiger partial charge in [0, 0.05) is 31.3 Å². The molecule has 26 heavy (non-hydrogen) atoms. The summed E-state index contributed by atoms with van der Waals surface area (Å²) in [5, 5.41) is 3.66. The van der Waals surface area contributed by atoms with E-state index in [1.807, 2.05) is 24.3 Å². The maximum Gasteiger partial charge on any atom is 0.317 e. The van der Waals surface area contributed by atoms with Gasteiger partial charge < -0.3 is 24.4 Å². The number of nitrogens with zero attached hydrogens (tertiary/aromatic N) is 1. The van der Waals surface area contributed by atoms with Crippen LogP contribution in [0.1, 0.15) is 30.9 Å². The highest BCUT2D eigenvalue weighted by molar-refractivity contribution is 6.30. The maximum atomic E-state index is 12.3. The number of hydrogen-bond donors (Lipinski definition) is 1. The van der Waals surface area contributed by atoms with Crippen molar-refractivity contribution in [2.75, 3.05) is 46.1 Å². The fourth-order valence-corrected chi connectivity index (χ4v) is 3.31. The Morgan fingerprint density at radius 2 is 2.12 bits per heavy atom. The van der Waals surface area contributed by atoms with Crippen molar-refractivity contribution >= 4 is 17.6 Å². The summed E-state index contributed by atoms with van der Waals surface area (Å²) in [6, 6.07) is 7.53. The number of amides is 2. The number of hydrogen-bond acceptors (Lipinski definition) is 4. The molecule has 3 rings (SSSR count).